The lowest BCUT2D eigenvalue weighted by Crippen LogP contribution is -2.15. The molecule has 0 aliphatic heterocycles. The molecule has 2 atom stereocenters. The van der Waals surface area contributed by atoms with Gasteiger partial charge >= 0.3 is 0 Å². The van der Waals surface area contributed by atoms with Crippen LogP contribution >= 0.6 is 11.8 Å². The molecule has 0 aromatic heterocycles. The quantitative estimate of drug-likeness (QED) is 0.289. The summed E-state index contributed by atoms with van der Waals surface area (Å²) in [6.07, 6.45) is 0. The van der Waals surface area contributed by atoms with E-state index in [9.17, 15) is 10.2 Å². The predicted molar refractivity (Wildman–Crippen MR) is 165 cm³/mol. The van der Waals surface area contributed by atoms with Crippen molar-refractivity contribution >= 4 is 11.8 Å². The first-order chi connectivity index (χ1) is 17.2. The molecule has 3 heteroatoms. The molecule has 0 aliphatic carbocycles. The van der Waals surface area contributed by atoms with Crippen LogP contribution in [-0.2, 0) is 0 Å². The highest BCUT2D eigenvalue weighted by Crippen LogP contribution is 2.42. The average Bonchev–Trinajstić information content (AvgIpc) is 2.78. The van der Waals surface area contributed by atoms with Crippen LogP contribution in [0.2, 0.25) is 0 Å². The van der Waals surface area contributed by atoms with Gasteiger partial charge in [-0.2, -0.15) is 11.8 Å². The van der Waals surface area contributed by atoms with Crippen LogP contribution in [0, 0.1) is 11.8 Å². The highest BCUT2D eigenvalue weighted by molar-refractivity contribution is 7.99. The van der Waals surface area contributed by atoms with Gasteiger partial charge in [-0.1, -0.05) is 107 Å². The van der Waals surface area contributed by atoms with Crippen molar-refractivity contribution in [2.24, 2.45) is 11.8 Å². The summed E-state index contributed by atoms with van der Waals surface area (Å²) in [7, 11) is 0. The number of rotatable bonds is 12. The van der Waals surface area contributed by atoms with Gasteiger partial charge in [0.15, 0.2) is 0 Å². The fraction of sp³-hybridized carbons (Fsp3) is 0.647. The molecule has 2 nitrogen and oxygen atoms in total. The van der Waals surface area contributed by atoms with E-state index in [0.717, 1.165) is 33.8 Å². The van der Waals surface area contributed by atoms with Crippen LogP contribution in [0.3, 0.4) is 0 Å². The summed E-state index contributed by atoms with van der Waals surface area (Å²) >= 11 is 2.06. The SMILES string of the molecule is CC(C)c1cc(C(CSCC(c2cc(C(C)C)c(O)c(C(C)C)c2)C(C)C)C(C)C)cc(C(C)C)c1O. The Labute approximate surface area is 232 Å². The molecule has 2 unspecified atom stereocenters. The number of thioether (sulfide) groups is 1. The Hall–Kier alpha value is -1.61. The van der Waals surface area contributed by atoms with Gasteiger partial charge in [0, 0.05) is 11.5 Å². The molecular formula is C34H54O2S. The van der Waals surface area contributed by atoms with Crippen LogP contribution in [-0.4, -0.2) is 21.7 Å². The molecule has 0 amide bonds. The lowest BCUT2D eigenvalue weighted by Gasteiger charge is -2.28. The maximum atomic E-state index is 10.9. The van der Waals surface area contributed by atoms with Crippen molar-refractivity contribution in [3.05, 3.63) is 57.6 Å². The van der Waals surface area contributed by atoms with Gasteiger partial charge in [-0.3, -0.25) is 0 Å². The van der Waals surface area contributed by atoms with E-state index in [1.165, 1.54) is 11.1 Å². The first-order valence-corrected chi connectivity index (χ1v) is 15.6. The van der Waals surface area contributed by atoms with Gasteiger partial charge in [0.05, 0.1) is 0 Å². The number of benzene rings is 2. The zero-order valence-corrected chi connectivity index (χ0v) is 26.5. The molecule has 0 spiro atoms. The second-order valence-corrected chi connectivity index (χ2v) is 14.0. The third-order valence-corrected chi connectivity index (χ3v) is 9.12. The van der Waals surface area contributed by atoms with Gasteiger partial charge < -0.3 is 10.2 Å². The van der Waals surface area contributed by atoms with Crippen molar-refractivity contribution in [2.75, 3.05) is 11.5 Å². The lowest BCUT2D eigenvalue weighted by molar-refractivity contribution is 0.452. The maximum Gasteiger partial charge on any atom is 0.122 e. The third-order valence-electron chi connectivity index (χ3n) is 7.93. The van der Waals surface area contributed by atoms with Crippen molar-refractivity contribution in [3.8, 4) is 11.5 Å². The summed E-state index contributed by atoms with van der Waals surface area (Å²) in [4.78, 5) is 0. The molecule has 0 aliphatic rings. The van der Waals surface area contributed by atoms with E-state index in [1.54, 1.807) is 0 Å². The zero-order chi connectivity index (χ0) is 28.2. The van der Waals surface area contributed by atoms with E-state index in [2.05, 4.69) is 119 Å². The van der Waals surface area contributed by atoms with E-state index in [-0.39, 0.29) is 0 Å². The normalized spacial score (nSPS) is 14.1. The molecule has 0 bridgehead atoms. The van der Waals surface area contributed by atoms with Crippen molar-refractivity contribution < 1.29 is 10.2 Å². The number of hydrogen-bond donors (Lipinski definition) is 2. The van der Waals surface area contributed by atoms with Gasteiger partial charge in [0.1, 0.15) is 11.5 Å². The van der Waals surface area contributed by atoms with Crippen molar-refractivity contribution in [1.29, 1.82) is 0 Å². The van der Waals surface area contributed by atoms with Crippen LogP contribution in [0.5, 0.6) is 11.5 Å². The molecule has 0 heterocycles. The van der Waals surface area contributed by atoms with Gasteiger partial charge in [-0.25, -0.2) is 0 Å². The van der Waals surface area contributed by atoms with Crippen LogP contribution < -0.4 is 0 Å². The second kappa shape index (κ2) is 13.5. The van der Waals surface area contributed by atoms with E-state index >= 15 is 0 Å². The molecule has 2 N–H and O–H groups in total. The fourth-order valence-corrected chi connectivity index (χ4v) is 7.06. The minimum atomic E-state index is 0.294. The molecular weight excluding hydrogens is 472 g/mol. The molecule has 2 aromatic rings. The third kappa shape index (κ3) is 7.71. The summed E-state index contributed by atoms with van der Waals surface area (Å²) in [6.45, 7) is 26.7. The number of phenolic OH excluding ortho intramolecular Hbond substituents is 2. The first kappa shape index (κ1) is 31.6. The topological polar surface area (TPSA) is 40.5 Å². The van der Waals surface area contributed by atoms with E-state index in [0.29, 0.717) is 58.8 Å². The largest absolute Gasteiger partial charge is 0.507 e. The van der Waals surface area contributed by atoms with Gasteiger partial charge in [-0.15, -0.1) is 0 Å². The van der Waals surface area contributed by atoms with Crippen LogP contribution in [0.4, 0.5) is 0 Å². The Morgan fingerprint density at radius 3 is 0.919 bits per heavy atom. The smallest absolute Gasteiger partial charge is 0.122 e. The zero-order valence-electron chi connectivity index (χ0n) is 25.6. The number of phenols is 2. The summed E-state index contributed by atoms with van der Waals surface area (Å²) in [5, 5.41) is 21.9. The van der Waals surface area contributed by atoms with Gasteiger partial charge in [0.25, 0.3) is 0 Å². The summed E-state index contributed by atoms with van der Waals surface area (Å²) in [5.41, 5.74) is 7.02. The number of aromatic hydroxyl groups is 2. The second-order valence-electron chi connectivity index (χ2n) is 13.0. The first-order valence-electron chi connectivity index (χ1n) is 14.5. The minimum absolute atomic E-state index is 0.294. The van der Waals surface area contributed by atoms with E-state index in [4.69, 9.17) is 0 Å². The van der Waals surface area contributed by atoms with Crippen LogP contribution in [0.1, 0.15) is 152 Å². The Kier molecular flexibility index (Phi) is 11.5. The fourth-order valence-electron chi connectivity index (χ4n) is 5.27. The minimum Gasteiger partial charge on any atom is -0.507 e. The van der Waals surface area contributed by atoms with E-state index < -0.39 is 0 Å². The Bertz CT molecular complexity index is 877. The molecule has 2 rings (SSSR count). The Balaban J connectivity index is 2.37. The Morgan fingerprint density at radius 1 is 0.486 bits per heavy atom. The molecule has 0 saturated heterocycles. The van der Waals surface area contributed by atoms with E-state index in [1.807, 2.05) is 0 Å². The average molecular weight is 527 g/mol. The maximum absolute atomic E-state index is 10.9. The summed E-state index contributed by atoms with van der Waals surface area (Å²) in [5.74, 6) is 6.18. The summed E-state index contributed by atoms with van der Waals surface area (Å²) < 4.78 is 0. The molecule has 0 fully saturated rings. The van der Waals surface area contributed by atoms with Crippen molar-refractivity contribution in [3.63, 3.8) is 0 Å². The highest BCUT2D eigenvalue weighted by Gasteiger charge is 2.25. The highest BCUT2D eigenvalue weighted by atomic mass is 32.2. The molecule has 208 valence electrons. The van der Waals surface area contributed by atoms with Crippen molar-refractivity contribution in [2.45, 2.75) is 119 Å². The monoisotopic (exact) mass is 526 g/mol. The van der Waals surface area contributed by atoms with Crippen LogP contribution in [0.25, 0.3) is 0 Å². The van der Waals surface area contributed by atoms with Crippen molar-refractivity contribution in [1.82, 2.24) is 0 Å². The Morgan fingerprint density at radius 2 is 0.730 bits per heavy atom. The van der Waals surface area contributed by atoms with Crippen LogP contribution in [0.15, 0.2) is 24.3 Å². The number of hydrogen-bond acceptors (Lipinski definition) is 3. The summed E-state index contributed by atoms with van der Waals surface area (Å²) in [6, 6.07) is 9.06. The standard InChI is InChI=1S/C34H54O2S/c1-19(2)27-13-25(14-28(20(3)4)33(27)35)31(23(9)10)17-37-18-32(24(11)12)26-15-29(21(5)6)34(36)30(16-26)22(7)8/h13-16,19-24,31-32,35-36H,17-18H2,1-12H3. The van der Waals surface area contributed by atoms with Gasteiger partial charge in [0.2, 0.25) is 0 Å². The van der Waals surface area contributed by atoms with Gasteiger partial charge in [-0.05, 0) is 80.7 Å². The molecule has 0 saturated carbocycles. The molecule has 37 heavy (non-hydrogen) atoms. The predicted octanol–water partition coefficient (Wildman–Crippen LogP) is 10.5. The molecule has 2 aromatic carbocycles. The molecule has 0 radical (unpaired) electrons. The lowest BCUT2D eigenvalue weighted by atomic mass is 9.84.